The molecule has 0 amide bonds. The van der Waals surface area contributed by atoms with Crippen LogP contribution in [0.3, 0.4) is 0 Å². The summed E-state index contributed by atoms with van der Waals surface area (Å²) in [7, 11) is 1.32. The number of esters is 1. The van der Waals surface area contributed by atoms with Crippen LogP contribution in [0.25, 0.3) is 0 Å². The fourth-order valence-corrected chi connectivity index (χ4v) is 1.48. The topological polar surface area (TPSA) is 43.4 Å². The van der Waals surface area contributed by atoms with E-state index in [-0.39, 0.29) is 0 Å². The zero-order valence-corrected chi connectivity index (χ0v) is 9.08. The Bertz CT molecular complexity index is 374. The maximum Gasteiger partial charge on any atom is 0.337 e. The maximum absolute atomic E-state index is 11.2. The molecule has 1 aromatic carbocycles. The number of carbonyl (C=O) groups excluding carboxylic acids is 2. The Balaban J connectivity index is 2.87. The van der Waals surface area contributed by atoms with Crippen LogP contribution in [-0.2, 0) is 16.0 Å². The summed E-state index contributed by atoms with van der Waals surface area (Å²) in [4.78, 5) is 21.3. The van der Waals surface area contributed by atoms with Gasteiger partial charge in [-0.1, -0.05) is 17.7 Å². The van der Waals surface area contributed by atoms with E-state index in [4.69, 9.17) is 11.6 Å². The number of hydrogen-bond acceptors (Lipinski definition) is 3. The predicted molar refractivity (Wildman–Crippen MR) is 57.2 cm³/mol. The molecule has 15 heavy (non-hydrogen) atoms. The standard InChI is InChI=1S/C11H11ClO3/c1-15-11(14)9-5-4-8(3-2-6-13)10(12)7-9/h4-7H,2-3H2,1H3. The number of halogens is 1. The van der Waals surface area contributed by atoms with E-state index in [9.17, 15) is 9.59 Å². The van der Waals surface area contributed by atoms with Crippen LogP contribution in [0.2, 0.25) is 5.02 Å². The van der Waals surface area contributed by atoms with Gasteiger partial charge in [-0.15, -0.1) is 0 Å². The molecule has 0 aromatic heterocycles. The van der Waals surface area contributed by atoms with Gasteiger partial charge in [-0.05, 0) is 24.1 Å². The first kappa shape index (κ1) is 11.7. The van der Waals surface area contributed by atoms with Crippen molar-refractivity contribution in [3.63, 3.8) is 0 Å². The van der Waals surface area contributed by atoms with Crippen LogP contribution in [0.5, 0.6) is 0 Å². The second kappa shape index (κ2) is 5.51. The van der Waals surface area contributed by atoms with Gasteiger partial charge in [-0.25, -0.2) is 4.79 Å². The van der Waals surface area contributed by atoms with Crippen molar-refractivity contribution in [2.75, 3.05) is 7.11 Å². The predicted octanol–water partition coefficient (Wildman–Crippen LogP) is 2.26. The number of aldehydes is 1. The number of carbonyl (C=O) groups is 2. The molecule has 1 rings (SSSR count). The second-order valence-corrected chi connectivity index (χ2v) is 3.41. The molecule has 0 aliphatic carbocycles. The van der Waals surface area contributed by atoms with Crippen molar-refractivity contribution in [2.45, 2.75) is 12.8 Å². The lowest BCUT2D eigenvalue weighted by Gasteiger charge is -2.04. The molecule has 4 heteroatoms. The number of rotatable bonds is 4. The lowest BCUT2D eigenvalue weighted by molar-refractivity contribution is -0.107. The summed E-state index contributed by atoms with van der Waals surface area (Å²) in [5, 5.41) is 0.486. The maximum atomic E-state index is 11.2. The minimum Gasteiger partial charge on any atom is -0.465 e. The van der Waals surface area contributed by atoms with Crippen LogP contribution >= 0.6 is 11.6 Å². The number of methoxy groups -OCH3 is 1. The van der Waals surface area contributed by atoms with E-state index in [0.717, 1.165) is 11.8 Å². The molecule has 0 aliphatic rings. The smallest absolute Gasteiger partial charge is 0.337 e. The Kier molecular flexibility index (Phi) is 4.31. The highest BCUT2D eigenvalue weighted by Crippen LogP contribution is 2.19. The minimum atomic E-state index is -0.418. The Morgan fingerprint density at radius 1 is 1.53 bits per heavy atom. The van der Waals surface area contributed by atoms with Gasteiger partial charge in [-0.3, -0.25) is 0 Å². The van der Waals surface area contributed by atoms with Crippen molar-refractivity contribution in [1.29, 1.82) is 0 Å². The molecule has 0 aliphatic heterocycles. The van der Waals surface area contributed by atoms with Gasteiger partial charge in [0.2, 0.25) is 0 Å². The molecule has 0 spiro atoms. The summed E-state index contributed by atoms with van der Waals surface area (Å²) in [5.41, 5.74) is 1.27. The molecule has 0 atom stereocenters. The van der Waals surface area contributed by atoms with E-state index in [0.29, 0.717) is 23.4 Å². The Morgan fingerprint density at radius 2 is 2.27 bits per heavy atom. The first-order chi connectivity index (χ1) is 7.19. The molecule has 0 radical (unpaired) electrons. The molecule has 0 heterocycles. The molecular weight excluding hydrogens is 216 g/mol. The summed E-state index contributed by atoms with van der Waals surface area (Å²) in [6.07, 6.45) is 1.85. The summed E-state index contributed by atoms with van der Waals surface area (Å²) in [6, 6.07) is 4.92. The zero-order valence-electron chi connectivity index (χ0n) is 8.33. The SMILES string of the molecule is COC(=O)c1ccc(CCC=O)c(Cl)c1. The molecule has 0 bridgehead atoms. The number of ether oxygens (including phenoxy) is 1. The third-order valence-electron chi connectivity index (χ3n) is 2.01. The van der Waals surface area contributed by atoms with E-state index in [2.05, 4.69) is 4.74 Å². The van der Waals surface area contributed by atoms with Crippen molar-refractivity contribution in [2.24, 2.45) is 0 Å². The van der Waals surface area contributed by atoms with Crippen molar-refractivity contribution in [3.8, 4) is 0 Å². The molecule has 0 unspecified atom stereocenters. The zero-order chi connectivity index (χ0) is 11.3. The molecular formula is C11H11ClO3. The van der Waals surface area contributed by atoms with Gasteiger partial charge in [0.1, 0.15) is 6.29 Å². The molecule has 3 nitrogen and oxygen atoms in total. The van der Waals surface area contributed by atoms with E-state index >= 15 is 0 Å². The van der Waals surface area contributed by atoms with E-state index < -0.39 is 5.97 Å². The molecule has 0 saturated carbocycles. The summed E-state index contributed by atoms with van der Waals surface area (Å²) < 4.78 is 4.56. The quantitative estimate of drug-likeness (QED) is 0.584. The van der Waals surface area contributed by atoms with Gasteiger partial charge in [0, 0.05) is 11.4 Å². The highest BCUT2D eigenvalue weighted by molar-refractivity contribution is 6.31. The van der Waals surface area contributed by atoms with E-state index in [1.54, 1.807) is 18.2 Å². The largest absolute Gasteiger partial charge is 0.465 e. The minimum absolute atomic E-state index is 0.414. The lowest BCUT2D eigenvalue weighted by atomic mass is 10.1. The van der Waals surface area contributed by atoms with Gasteiger partial charge in [0.25, 0.3) is 0 Å². The second-order valence-electron chi connectivity index (χ2n) is 3.00. The van der Waals surface area contributed by atoms with Gasteiger partial charge >= 0.3 is 5.97 Å². The monoisotopic (exact) mass is 226 g/mol. The fourth-order valence-electron chi connectivity index (χ4n) is 1.21. The van der Waals surface area contributed by atoms with Gasteiger partial charge in [-0.2, -0.15) is 0 Å². The summed E-state index contributed by atoms with van der Waals surface area (Å²) in [6.45, 7) is 0. The first-order valence-corrected chi connectivity index (χ1v) is 4.87. The fraction of sp³-hybridized carbons (Fsp3) is 0.273. The normalized spacial score (nSPS) is 9.73. The van der Waals surface area contributed by atoms with Crippen LogP contribution in [0.15, 0.2) is 18.2 Å². The van der Waals surface area contributed by atoms with Crippen molar-refractivity contribution in [1.82, 2.24) is 0 Å². The summed E-state index contributed by atoms with van der Waals surface area (Å²) in [5.74, 6) is -0.418. The number of benzene rings is 1. The van der Waals surface area contributed by atoms with Crippen LogP contribution in [-0.4, -0.2) is 19.4 Å². The molecule has 80 valence electrons. The van der Waals surface area contributed by atoms with Crippen LogP contribution in [0.1, 0.15) is 22.3 Å². The summed E-state index contributed by atoms with van der Waals surface area (Å²) >= 11 is 5.94. The van der Waals surface area contributed by atoms with Crippen molar-refractivity contribution >= 4 is 23.9 Å². The van der Waals surface area contributed by atoms with E-state index in [1.165, 1.54) is 7.11 Å². The third-order valence-corrected chi connectivity index (χ3v) is 2.36. The lowest BCUT2D eigenvalue weighted by Crippen LogP contribution is -2.01. The molecule has 0 saturated heterocycles. The van der Waals surface area contributed by atoms with Gasteiger partial charge < -0.3 is 9.53 Å². The molecule has 0 fully saturated rings. The Hall–Kier alpha value is -1.35. The number of hydrogen-bond donors (Lipinski definition) is 0. The molecule has 1 aromatic rings. The Labute approximate surface area is 93.0 Å². The Morgan fingerprint density at radius 3 is 2.80 bits per heavy atom. The average Bonchev–Trinajstić information content (AvgIpc) is 2.26. The van der Waals surface area contributed by atoms with Crippen LogP contribution in [0.4, 0.5) is 0 Å². The van der Waals surface area contributed by atoms with Crippen molar-refractivity contribution < 1.29 is 14.3 Å². The van der Waals surface area contributed by atoms with Crippen LogP contribution < -0.4 is 0 Å². The molecule has 0 N–H and O–H groups in total. The van der Waals surface area contributed by atoms with Gasteiger partial charge in [0.15, 0.2) is 0 Å². The third kappa shape index (κ3) is 3.06. The van der Waals surface area contributed by atoms with Crippen molar-refractivity contribution in [3.05, 3.63) is 34.3 Å². The number of aryl methyl sites for hydroxylation is 1. The average molecular weight is 227 g/mol. The first-order valence-electron chi connectivity index (χ1n) is 4.49. The van der Waals surface area contributed by atoms with E-state index in [1.807, 2.05) is 0 Å². The van der Waals surface area contributed by atoms with Crippen LogP contribution in [0, 0.1) is 0 Å². The highest BCUT2D eigenvalue weighted by atomic mass is 35.5. The highest BCUT2D eigenvalue weighted by Gasteiger charge is 2.08. The van der Waals surface area contributed by atoms with Gasteiger partial charge in [0.05, 0.1) is 12.7 Å².